The molecular formula is C9H11N5S2. The van der Waals surface area contributed by atoms with Crippen molar-refractivity contribution < 1.29 is 0 Å². The summed E-state index contributed by atoms with van der Waals surface area (Å²) in [6.45, 7) is 2.04. The van der Waals surface area contributed by atoms with Crippen molar-refractivity contribution in [2.24, 2.45) is 0 Å². The molecule has 0 saturated heterocycles. The van der Waals surface area contributed by atoms with E-state index in [1.54, 1.807) is 0 Å². The van der Waals surface area contributed by atoms with E-state index in [1.165, 1.54) is 29.6 Å². The first-order valence-electron chi connectivity index (χ1n) is 4.82. The number of aromatic nitrogens is 4. The van der Waals surface area contributed by atoms with Gasteiger partial charge in [0.1, 0.15) is 23.0 Å². The van der Waals surface area contributed by atoms with E-state index < -0.39 is 0 Å². The molecule has 0 saturated carbocycles. The Morgan fingerprint density at radius 2 is 2.31 bits per heavy atom. The Morgan fingerprint density at radius 3 is 3.00 bits per heavy atom. The fourth-order valence-electron chi connectivity index (χ4n) is 1.04. The standard InChI is InChI=1S/C9H11N5S2/c1-3-6-13-9(16-14-6)15-8-4-7(10-2)11-5-12-8/h4-5H,3H2,1-2H3,(H,10,11,12). The van der Waals surface area contributed by atoms with Gasteiger partial charge in [-0.05, 0) is 23.3 Å². The summed E-state index contributed by atoms with van der Waals surface area (Å²) in [5.41, 5.74) is 0. The minimum atomic E-state index is 0.803. The molecule has 0 fully saturated rings. The van der Waals surface area contributed by atoms with E-state index in [0.29, 0.717) is 0 Å². The van der Waals surface area contributed by atoms with Crippen molar-refractivity contribution in [1.82, 2.24) is 19.3 Å². The lowest BCUT2D eigenvalue weighted by Crippen LogP contribution is -1.93. The molecule has 0 amide bonds. The second-order valence-corrected chi connectivity index (χ2v) is 4.94. The number of nitrogens with one attached hydrogen (secondary N) is 1. The molecule has 0 atom stereocenters. The van der Waals surface area contributed by atoms with E-state index in [-0.39, 0.29) is 0 Å². The number of hydrogen-bond acceptors (Lipinski definition) is 7. The summed E-state index contributed by atoms with van der Waals surface area (Å²) < 4.78 is 5.14. The zero-order valence-corrected chi connectivity index (χ0v) is 10.6. The molecule has 0 aliphatic heterocycles. The first-order valence-corrected chi connectivity index (χ1v) is 6.41. The van der Waals surface area contributed by atoms with Gasteiger partial charge in [-0.2, -0.15) is 4.37 Å². The van der Waals surface area contributed by atoms with Crippen LogP contribution >= 0.6 is 23.3 Å². The number of hydrogen-bond donors (Lipinski definition) is 1. The van der Waals surface area contributed by atoms with Crippen LogP contribution in [0, 0.1) is 0 Å². The van der Waals surface area contributed by atoms with E-state index in [4.69, 9.17) is 0 Å². The summed E-state index contributed by atoms with van der Waals surface area (Å²) in [6.07, 6.45) is 2.40. The van der Waals surface area contributed by atoms with Crippen LogP contribution in [-0.4, -0.2) is 26.4 Å². The van der Waals surface area contributed by atoms with Crippen LogP contribution in [0.15, 0.2) is 21.8 Å². The molecule has 0 aliphatic carbocycles. The summed E-state index contributed by atoms with van der Waals surface area (Å²) in [5, 5.41) is 3.85. The highest BCUT2D eigenvalue weighted by atomic mass is 32.2. The SMILES string of the molecule is CCc1nsc(Sc2cc(NC)ncn2)n1. The summed E-state index contributed by atoms with van der Waals surface area (Å²) in [7, 11) is 1.83. The van der Waals surface area contributed by atoms with Crippen molar-refractivity contribution >= 4 is 29.1 Å². The predicted molar refractivity (Wildman–Crippen MR) is 65.0 cm³/mol. The molecule has 0 spiro atoms. The van der Waals surface area contributed by atoms with Crippen LogP contribution in [0.1, 0.15) is 12.7 Å². The number of nitrogens with zero attached hydrogens (tertiary/aromatic N) is 4. The third-order valence-electron chi connectivity index (χ3n) is 1.86. The van der Waals surface area contributed by atoms with Gasteiger partial charge in [-0.3, -0.25) is 0 Å². The van der Waals surface area contributed by atoms with Crippen molar-refractivity contribution in [2.45, 2.75) is 22.7 Å². The Hall–Kier alpha value is -1.21. The zero-order chi connectivity index (χ0) is 11.4. The molecule has 1 N–H and O–H groups in total. The number of rotatable bonds is 4. The average Bonchev–Trinajstić information content (AvgIpc) is 2.77. The van der Waals surface area contributed by atoms with Gasteiger partial charge in [0, 0.05) is 19.5 Å². The quantitative estimate of drug-likeness (QED) is 0.842. The molecule has 2 aromatic rings. The van der Waals surface area contributed by atoms with Gasteiger partial charge in [0.25, 0.3) is 0 Å². The van der Waals surface area contributed by atoms with Crippen LogP contribution in [-0.2, 0) is 6.42 Å². The van der Waals surface area contributed by atoms with Gasteiger partial charge in [-0.25, -0.2) is 15.0 Å². The molecule has 2 aromatic heterocycles. The lowest BCUT2D eigenvalue weighted by molar-refractivity contribution is 0.969. The van der Waals surface area contributed by atoms with Crippen LogP contribution in [0.3, 0.4) is 0 Å². The second-order valence-electron chi connectivity index (χ2n) is 2.92. The van der Waals surface area contributed by atoms with Crippen molar-refractivity contribution in [2.75, 3.05) is 12.4 Å². The van der Waals surface area contributed by atoms with Crippen LogP contribution in [0.5, 0.6) is 0 Å². The smallest absolute Gasteiger partial charge is 0.176 e. The van der Waals surface area contributed by atoms with Crippen molar-refractivity contribution in [3.63, 3.8) is 0 Å². The molecule has 0 radical (unpaired) electrons. The normalized spacial score (nSPS) is 10.4. The molecular weight excluding hydrogens is 242 g/mol. The molecule has 2 heterocycles. The molecule has 7 heteroatoms. The maximum absolute atomic E-state index is 4.37. The average molecular weight is 253 g/mol. The Kier molecular flexibility index (Phi) is 3.68. The van der Waals surface area contributed by atoms with E-state index in [2.05, 4.69) is 24.6 Å². The minimum absolute atomic E-state index is 0.803. The summed E-state index contributed by atoms with van der Waals surface area (Å²) >= 11 is 2.91. The molecule has 16 heavy (non-hydrogen) atoms. The van der Waals surface area contributed by atoms with Gasteiger partial charge < -0.3 is 5.32 Å². The molecule has 0 bridgehead atoms. The highest BCUT2D eigenvalue weighted by Gasteiger charge is 2.06. The summed E-state index contributed by atoms with van der Waals surface area (Å²) in [4.78, 5) is 12.6. The molecule has 5 nitrogen and oxygen atoms in total. The fraction of sp³-hybridized carbons (Fsp3) is 0.333. The lowest BCUT2D eigenvalue weighted by atomic mass is 10.5. The van der Waals surface area contributed by atoms with Crippen LogP contribution in [0.2, 0.25) is 0 Å². The predicted octanol–water partition coefficient (Wildman–Crippen LogP) is 2.08. The lowest BCUT2D eigenvalue weighted by Gasteiger charge is -1.99. The third-order valence-corrected chi connectivity index (χ3v) is 3.58. The van der Waals surface area contributed by atoms with Crippen LogP contribution < -0.4 is 5.32 Å². The molecule has 84 valence electrons. The maximum atomic E-state index is 4.37. The molecule has 0 aromatic carbocycles. The van der Waals surface area contributed by atoms with Gasteiger partial charge in [0.15, 0.2) is 4.34 Å². The first-order chi connectivity index (χ1) is 7.81. The zero-order valence-electron chi connectivity index (χ0n) is 8.97. The van der Waals surface area contributed by atoms with Gasteiger partial charge >= 0.3 is 0 Å². The topological polar surface area (TPSA) is 63.6 Å². The number of anilines is 1. The Balaban J connectivity index is 2.13. The molecule has 0 aliphatic rings. The van der Waals surface area contributed by atoms with Crippen LogP contribution in [0.25, 0.3) is 0 Å². The van der Waals surface area contributed by atoms with E-state index in [0.717, 1.165) is 27.4 Å². The highest BCUT2D eigenvalue weighted by Crippen LogP contribution is 2.28. The van der Waals surface area contributed by atoms with Crippen molar-refractivity contribution in [1.29, 1.82) is 0 Å². The summed E-state index contributed by atoms with van der Waals surface area (Å²) in [5.74, 6) is 1.69. The Bertz CT molecular complexity index is 470. The molecule has 0 unspecified atom stereocenters. The van der Waals surface area contributed by atoms with Gasteiger partial charge in [0.05, 0.1) is 0 Å². The third kappa shape index (κ3) is 2.67. The van der Waals surface area contributed by atoms with Gasteiger partial charge in [0.2, 0.25) is 0 Å². The van der Waals surface area contributed by atoms with Crippen molar-refractivity contribution in [3.8, 4) is 0 Å². The minimum Gasteiger partial charge on any atom is -0.373 e. The van der Waals surface area contributed by atoms with Gasteiger partial charge in [-0.1, -0.05) is 6.92 Å². The monoisotopic (exact) mass is 253 g/mol. The fourth-order valence-corrected chi connectivity index (χ4v) is 2.66. The van der Waals surface area contributed by atoms with E-state index >= 15 is 0 Å². The van der Waals surface area contributed by atoms with Crippen LogP contribution in [0.4, 0.5) is 5.82 Å². The maximum Gasteiger partial charge on any atom is 0.176 e. The summed E-state index contributed by atoms with van der Waals surface area (Å²) in [6, 6.07) is 1.89. The Morgan fingerprint density at radius 1 is 1.44 bits per heavy atom. The van der Waals surface area contributed by atoms with E-state index in [9.17, 15) is 0 Å². The molecule has 2 rings (SSSR count). The number of aryl methyl sites for hydroxylation is 1. The largest absolute Gasteiger partial charge is 0.373 e. The Labute approximate surface area is 102 Å². The highest BCUT2D eigenvalue weighted by molar-refractivity contribution is 8.00. The second kappa shape index (κ2) is 5.22. The first kappa shape index (κ1) is 11.3. The van der Waals surface area contributed by atoms with Crippen molar-refractivity contribution in [3.05, 3.63) is 18.2 Å². The van der Waals surface area contributed by atoms with E-state index in [1.807, 2.05) is 20.0 Å². The van der Waals surface area contributed by atoms with Gasteiger partial charge in [-0.15, -0.1) is 0 Å².